The van der Waals surface area contributed by atoms with Crippen molar-refractivity contribution in [3.63, 3.8) is 0 Å². The molecule has 6 saturated heterocycles. The van der Waals surface area contributed by atoms with E-state index in [1.54, 1.807) is 0 Å². The molecule has 0 spiro atoms. The molecule has 24 atom stereocenters. The van der Waals surface area contributed by atoms with Gasteiger partial charge in [-0.3, -0.25) is 51.4 Å². The quantitative estimate of drug-likeness (QED) is 0.0203. The molecule has 566 valence electrons. The molecule has 6 aliphatic heterocycles. The van der Waals surface area contributed by atoms with E-state index in [1.807, 2.05) is 0 Å². The Labute approximate surface area is 565 Å². The van der Waals surface area contributed by atoms with E-state index in [9.17, 15) is 108 Å². The first-order chi connectivity index (χ1) is 46.2. The number of ether oxygens (including phenoxy) is 6. The SMILES string of the molecule is COP(=O)(O)OC[C@@H]1C[C@@H](OP(=O)(O)CC[C@@H]2C[C@@H](OP(=O)(O)OC[C@@H]3C[C@@H](O)CN3C(=O)CCCCO[C@@H]3OC(CO)[C@H](O)[C@H](O)C3NC(C)=O)CN2C(=O)CCCCO[C@@H]2OC(CO)[C@H](O)[C@H](O)C2NC(C)=O)CN1C(=O)CCCCO[C@@H]1OC(CO)[C@H](O)[C@H](O)C1NC(C)=O. The number of likely N-dealkylation sites (tertiary alicyclic amines) is 3. The minimum Gasteiger partial charge on any atom is -0.394 e. The molecule has 0 bridgehead atoms. The molecule has 0 aromatic rings. The van der Waals surface area contributed by atoms with E-state index < -0.39 is 226 Å². The van der Waals surface area contributed by atoms with E-state index in [0.29, 0.717) is 0 Å². The maximum absolute atomic E-state index is 14.1. The fraction of sp³-hybridized carbons (Fsp3) is 0.893. The first-order valence-corrected chi connectivity index (χ1v) is 37.3. The van der Waals surface area contributed by atoms with Gasteiger partial charge >= 0.3 is 23.2 Å². The van der Waals surface area contributed by atoms with Crippen molar-refractivity contribution >= 4 is 58.7 Å². The van der Waals surface area contributed by atoms with Crippen LogP contribution in [0.1, 0.15) is 104 Å². The number of rotatable bonds is 38. The Hall–Kier alpha value is -3.45. The highest BCUT2D eigenvalue weighted by Gasteiger charge is 2.50. The van der Waals surface area contributed by atoms with Crippen LogP contribution in [0.5, 0.6) is 0 Å². The number of unbranched alkanes of at least 4 members (excludes halogenated alkanes) is 3. The zero-order valence-electron chi connectivity index (χ0n) is 55.0. The van der Waals surface area contributed by atoms with Gasteiger partial charge in [0.2, 0.25) is 35.4 Å². The van der Waals surface area contributed by atoms with Crippen LogP contribution in [0.2, 0.25) is 0 Å². The number of nitrogens with zero attached hydrogens (tertiary/aromatic N) is 3. The zero-order valence-corrected chi connectivity index (χ0v) is 57.6. The molecule has 39 nitrogen and oxygen atoms in total. The molecular formula is C56H99N6O33P3. The van der Waals surface area contributed by atoms with Crippen LogP contribution in [0.4, 0.5) is 0 Å². The molecule has 6 amide bonds. The predicted octanol–water partition coefficient (Wildman–Crippen LogP) is -5.23. The maximum atomic E-state index is 14.1. The maximum Gasteiger partial charge on any atom is 0.472 e. The third-order valence-corrected chi connectivity index (χ3v) is 20.9. The molecular weight excluding hydrogens is 1380 g/mol. The lowest BCUT2D eigenvalue weighted by Crippen LogP contribution is -2.64. The highest BCUT2D eigenvalue weighted by Crippen LogP contribution is 2.50. The van der Waals surface area contributed by atoms with Crippen molar-refractivity contribution in [2.24, 2.45) is 0 Å². The van der Waals surface area contributed by atoms with E-state index >= 15 is 0 Å². The van der Waals surface area contributed by atoms with E-state index in [1.165, 1.54) is 35.5 Å². The van der Waals surface area contributed by atoms with Gasteiger partial charge in [0.15, 0.2) is 18.9 Å². The highest BCUT2D eigenvalue weighted by atomic mass is 31.2. The monoisotopic (exact) mass is 1480 g/mol. The molecule has 16 N–H and O–H groups in total. The van der Waals surface area contributed by atoms with Crippen molar-refractivity contribution in [1.29, 1.82) is 0 Å². The van der Waals surface area contributed by atoms with Gasteiger partial charge in [0, 0.05) is 92.6 Å². The van der Waals surface area contributed by atoms with Crippen molar-refractivity contribution < 1.29 is 159 Å². The number of aliphatic hydroxyl groups is 10. The topological polar surface area (TPSA) is 564 Å². The summed E-state index contributed by atoms with van der Waals surface area (Å²) in [6.45, 7) is -0.701. The number of nitrogens with one attached hydrogen (secondary N) is 3. The van der Waals surface area contributed by atoms with Crippen LogP contribution in [0.25, 0.3) is 0 Å². The standard InChI is InChI=1S/C56H99N6O33P3/c1-30(66)57-45-51(76)48(73)39(25-63)91-54(45)86-15-8-5-11-42(70)60-22-36(69)19-34(60)28-90-98(83,84)95-38-20-33(61(24-38)43(71)12-6-9-16-87-55-46(58-31(2)67)52(77)49(74)40(26-64)92-55)14-18-96(79,80)94-37-21-35(29-89-97(81,82)85-4)62(23-37)44(72)13-7-10-17-88-56-47(59-32(3)68)53(78)50(75)41(27-65)93-56/h33-41,45-56,63-65,69,73-78H,5-29H2,1-4H3,(H,57,66)(H,58,67)(H,59,68)(H,79,80)(H,81,82)(H,83,84)/t33-,34+,35+,36-,37-,38-,39?,40?,41?,45?,46?,47?,48+,49+,50+,51-,52-,53-,54-,55-,56-/m1/s1. The average molecular weight is 1480 g/mol. The number of hydrogen-bond donors (Lipinski definition) is 16. The number of amides is 6. The summed E-state index contributed by atoms with van der Waals surface area (Å²) in [6, 6.07) is -6.47. The third kappa shape index (κ3) is 24.6. The Kier molecular flexibility index (Phi) is 33.1. The second kappa shape index (κ2) is 38.9. The molecule has 42 heteroatoms. The van der Waals surface area contributed by atoms with Crippen LogP contribution in [-0.2, 0) is 93.5 Å². The van der Waals surface area contributed by atoms with Gasteiger partial charge in [0.05, 0.1) is 69.6 Å². The van der Waals surface area contributed by atoms with Gasteiger partial charge in [0.1, 0.15) is 73.1 Å². The van der Waals surface area contributed by atoms with Gasteiger partial charge in [0.25, 0.3) is 0 Å². The molecule has 98 heavy (non-hydrogen) atoms. The fourth-order valence-corrected chi connectivity index (χ4v) is 15.3. The second-order valence-electron chi connectivity index (χ2n) is 25.1. The number of aliphatic hydroxyl groups excluding tert-OH is 10. The molecule has 6 heterocycles. The molecule has 6 aliphatic rings. The van der Waals surface area contributed by atoms with Crippen molar-refractivity contribution in [1.82, 2.24) is 30.7 Å². The summed E-state index contributed by atoms with van der Waals surface area (Å²) in [7, 11) is -13.4. The Morgan fingerprint density at radius 2 is 0.816 bits per heavy atom. The molecule has 6 rings (SSSR count). The summed E-state index contributed by atoms with van der Waals surface area (Å²) in [5.74, 6) is -3.22. The van der Waals surface area contributed by atoms with Crippen molar-refractivity contribution in [3.05, 3.63) is 0 Å². The summed E-state index contributed by atoms with van der Waals surface area (Å²) in [5, 5.41) is 110. The summed E-state index contributed by atoms with van der Waals surface area (Å²) in [6.07, 6.45) is -21.0. The molecule has 9 unspecified atom stereocenters. The smallest absolute Gasteiger partial charge is 0.394 e. The third-order valence-electron chi connectivity index (χ3n) is 17.5. The average Bonchev–Trinajstić information content (AvgIpc) is 1.16. The van der Waals surface area contributed by atoms with Gasteiger partial charge < -0.3 is 129 Å². The molecule has 6 fully saturated rings. The van der Waals surface area contributed by atoms with E-state index in [4.69, 9.17) is 46.5 Å². The van der Waals surface area contributed by atoms with Crippen LogP contribution in [0.15, 0.2) is 0 Å². The van der Waals surface area contributed by atoms with Crippen LogP contribution in [0, 0.1) is 0 Å². The normalized spacial score (nSPS) is 34.7. The molecule has 0 aliphatic carbocycles. The number of carbonyl (C=O) groups excluding carboxylic acids is 6. The lowest BCUT2D eigenvalue weighted by atomic mass is 9.97. The number of hydrogen-bond acceptors (Lipinski definition) is 30. The van der Waals surface area contributed by atoms with Gasteiger partial charge in [-0.05, 0) is 64.2 Å². The van der Waals surface area contributed by atoms with E-state index in [0.717, 1.165) is 7.11 Å². The van der Waals surface area contributed by atoms with Crippen LogP contribution >= 0.6 is 23.2 Å². The van der Waals surface area contributed by atoms with Crippen LogP contribution in [-0.4, -0.2) is 330 Å². The number of β-amino-alcohol motifs (C(OH)–C–C–N with tert-alkyl or cyclic N) is 1. The van der Waals surface area contributed by atoms with Gasteiger partial charge in [-0.25, -0.2) is 9.13 Å². The minimum absolute atomic E-state index is 0.0485. The second-order valence-corrected chi connectivity index (χ2v) is 30.0. The predicted molar refractivity (Wildman–Crippen MR) is 329 cm³/mol. The Morgan fingerprint density at radius 3 is 1.19 bits per heavy atom. The summed E-state index contributed by atoms with van der Waals surface area (Å²) in [5.41, 5.74) is 0. The first-order valence-electron chi connectivity index (χ1n) is 32.5. The Morgan fingerprint density at radius 1 is 0.469 bits per heavy atom. The lowest BCUT2D eigenvalue weighted by molar-refractivity contribution is -0.270. The van der Waals surface area contributed by atoms with E-state index in [2.05, 4.69) is 20.5 Å². The van der Waals surface area contributed by atoms with Crippen molar-refractivity contribution in [2.75, 3.05) is 85.8 Å². The highest BCUT2D eigenvalue weighted by molar-refractivity contribution is 7.52. The Balaban J connectivity index is 1.06. The minimum atomic E-state index is -5.07. The largest absolute Gasteiger partial charge is 0.472 e. The molecule has 0 radical (unpaired) electrons. The van der Waals surface area contributed by atoms with Crippen molar-refractivity contribution in [2.45, 2.75) is 233 Å². The van der Waals surface area contributed by atoms with Gasteiger partial charge in [-0.2, -0.15) is 0 Å². The molecule has 0 aromatic heterocycles. The summed E-state index contributed by atoms with van der Waals surface area (Å²) < 4.78 is 101. The molecule has 0 saturated carbocycles. The Bertz CT molecular complexity index is 2740. The fourth-order valence-electron chi connectivity index (χ4n) is 12.5. The summed E-state index contributed by atoms with van der Waals surface area (Å²) in [4.78, 5) is 113. The van der Waals surface area contributed by atoms with Gasteiger partial charge in [-0.15, -0.1) is 0 Å². The van der Waals surface area contributed by atoms with Crippen LogP contribution in [0.3, 0.4) is 0 Å². The number of carbonyl (C=O) groups is 6. The van der Waals surface area contributed by atoms with Gasteiger partial charge in [-0.1, -0.05) is 0 Å². The van der Waals surface area contributed by atoms with E-state index in [-0.39, 0.29) is 123 Å². The number of phosphoric ester groups is 2. The molecule has 0 aromatic carbocycles. The van der Waals surface area contributed by atoms with Crippen LogP contribution < -0.4 is 16.0 Å². The van der Waals surface area contributed by atoms with Crippen molar-refractivity contribution in [3.8, 4) is 0 Å². The number of phosphoric acid groups is 2. The zero-order chi connectivity index (χ0) is 72.4. The lowest BCUT2D eigenvalue weighted by Gasteiger charge is -2.42. The summed E-state index contributed by atoms with van der Waals surface area (Å²) >= 11 is 0. The first kappa shape index (κ1) is 83.5.